The fourth-order valence-electron chi connectivity index (χ4n) is 3.97. The molecule has 3 unspecified atom stereocenters. The second-order valence-electron chi connectivity index (χ2n) is 7.65. The summed E-state index contributed by atoms with van der Waals surface area (Å²) in [6, 6.07) is 6.68. The summed E-state index contributed by atoms with van der Waals surface area (Å²) in [6.07, 6.45) is 1.76. The first-order chi connectivity index (χ1) is 15.3. The minimum atomic E-state index is -2.99. The number of amides is 1. The summed E-state index contributed by atoms with van der Waals surface area (Å²) in [7, 11) is 0. The maximum Gasteiger partial charge on any atom is 0.387 e. The summed E-state index contributed by atoms with van der Waals surface area (Å²) in [5, 5.41) is 3.02. The van der Waals surface area contributed by atoms with E-state index >= 15 is 0 Å². The number of hydrogen-bond acceptors (Lipinski definition) is 7. The van der Waals surface area contributed by atoms with Gasteiger partial charge in [0.1, 0.15) is 22.8 Å². The predicted molar refractivity (Wildman–Crippen MR) is 115 cm³/mol. The van der Waals surface area contributed by atoms with E-state index in [1.807, 2.05) is 6.92 Å². The van der Waals surface area contributed by atoms with E-state index in [1.54, 1.807) is 0 Å². The van der Waals surface area contributed by atoms with Crippen molar-refractivity contribution in [1.29, 1.82) is 0 Å². The molecule has 4 rings (SSSR count). The van der Waals surface area contributed by atoms with Gasteiger partial charge in [0.05, 0.1) is 18.9 Å². The number of halogens is 3. The highest BCUT2D eigenvalue weighted by molar-refractivity contribution is 8.13. The average Bonchev–Trinajstić information content (AvgIpc) is 2.75. The van der Waals surface area contributed by atoms with Gasteiger partial charge in [0.2, 0.25) is 0 Å². The highest BCUT2D eigenvalue weighted by Crippen LogP contribution is 2.47. The maximum absolute atomic E-state index is 15.0. The van der Waals surface area contributed by atoms with E-state index in [1.165, 1.54) is 42.1 Å². The van der Waals surface area contributed by atoms with Crippen LogP contribution in [0.5, 0.6) is 5.75 Å². The molecule has 3 heterocycles. The normalized spacial score (nSPS) is 25.1. The van der Waals surface area contributed by atoms with Crippen molar-refractivity contribution in [3.63, 3.8) is 0 Å². The number of hydrogen-bond donors (Lipinski definition) is 2. The van der Waals surface area contributed by atoms with Crippen LogP contribution >= 0.6 is 11.8 Å². The van der Waals surface area contributed by atoms with E-state index in [4.69, 9.17) is 10.5 Å². The Morgan fingerprint density at radius 2 is 2.19 bits per heavy atom. The first-order valence-corrected chi connectivity index (χ1v) is 10.9. The van der Waals surface area contributed by atoms with Crippen LogP contribution in [-0.2, 0) is 10.3 Å². The van der Waals surface area contributed by atoms with Crippen LogP contribution in [0.1, 0.15) is 29.4 Å². The molecule has 170 valence electrons. The second-order valence-corrected chi connectivity index (χ2v) is 8.69. The van der Waals surface area contributed by atoms with Gasteiger partial charge in [-0.1, -0.05) is 11.8 Å². The van der Waals surface area contributed by atoms with Gasteiger partial charge in [-0.05, 0) is 43.7 Å². The number of nitrogens with one attached hydrogen (secondary N) is 1. The molecule has 32 heavy (non-hydrogen) atoms. The van der Waals surface area contributed by atoms with E-state index in [0.29, 0.717) is 28.6 Å². The van der Waals surface area contributed by atoms with Crippen molar-refractivity contribution < 1.29 is 27.4 Å². The Balaban J connectivity index is 1.60. The van der Waals surface area contributed by atoms with Crippen LogP contribution in [0.25, 0.3) is 0 Å². The van der Waals surface area contributed by atoms with Gasteiger partial charge in [0.15, 0.2) is 5.17 Å². The Hall–Kier alpha value is -2.79. The van der Waals surface area contributed by atoms with Gasteiger partial charge in [0.25, 0.3) is 5.91 Å². The predicted octanol–water partition coefficient (Wildman–Crippen LogP) is 3.76. The maximum atomic E-state index is 15.0. The van der Waals surface area contributed by atoms with E-state index in [0.717, 1.165) is 6.20 Å². The molecule has 2 aliphatic rings. The number of carbonyl (C=O) groups is 1. The number of ether oxygens (including phenoxy) is 2. The van der Waals surface area contributed by atoms with Crippen molar-refractivity contribution in [3.05, 3.63) is 53.6 Å². The van der Waals surface area contributed by atoms with Crippen LogP contribution in [-0.4, -0.2) is 41.1 Å². The van der Waals surface area contributed by atoms with Crippen LogP contribution in [0.15, 0.2) is 41.5 Å². The van der Waals surface area contributed by atoms with Gasteiger partial charge in [-0.25, -0.2) is 14.4 Å². The number of amidine groups is 1. The molecule has 0 saturated carbocycles. The Morgan fingerprint density at radius 1 is 1.38 bits per heavy atom. The van der Waals surface area contributed by atoms with Gasteiger partial charge in [-0.3, -0.25) is 4.79 Å². The summed E-state index contributed by atoms with van der Waals surface area (Å²) >= 11 is 1.44. The van der Waals surface area contributed by atoms with Crippen molar-refractivity contribution in [2.24, 2.45) is 16.6 Å². The summed E-state index contributed by atoms with van der Waals surface area (Å²) in [5.74, 6) is -0.510. The highest BCUT2D eigenvalue weighted by Gasteiger charge is 2.48. The Kier molecular flexibility index (Phi) is 6.29. The van der Waals surface area contributed by atoms with Gasteiger partial charge >= 0.3 is 6.61 Å². The third kappa shape index (κ3) is 4.53. The molecule has 0 aliphatic carbocycles. The number of anilines is 1. The topological polar surface area (TPSA) is 98.8 Å². The zero-order valence-electron chi connectivity index (χ0n) is 17.1. The third-order valence-corrected chi connectivity index (χ3v) is 6.46. The van der Waals surface area contributed by atoms with Crippen molar-refractivity contribution in [2.45, 2.75) is 31.6 Å². The standard InChI is InChI=1S/C21H21F3N4O3S/c1-11-6-12-9-32-20(25)28-21(12,10-30-11)15-7-13(2-4-16(15)22)27-18(29)17-5-3-14(8-26-17)31-19(23)24/h2-5,7-8,11-12,19H,6,9-10H2,1H3,(H2,25,28)(H,27,29). The van der Waals surface area contributed by atoms with E-state index < -0.39 is 23.9 Å². The van der Waals surface area contributed by atoms with Gasteiger partial charge < -0.3 is 20.5 Å². The molecule has 1 aromatic carbocycles. The molecule has 11 heteroatoms. The number of benzene rings is 1. The molecule has 3 N–H and O–H groups in total. The molecule has 2 aliphatic heterocycles. The number of aromatic nitrogens is 1. The number of rotatable bonds is 5. The number of carbonyl (C=O) groups excluding carboxylic acids is 1. The average molecular weight is 466 g/mol. The molecule has 7 nitrogen and oxygen atoms in total. The zero-order chi connectivity index (χ0) is 22.9. The lowest BCUT2D eigenvalue weighted by atomic mass is 9.75. The number of aliphatic imine (C=N–C) groups is 1. The zero-order valence-corrected chi connectivity index (χ0v) is 17.9. The Bertz CT molecular complexity index is 1040. The highest BCUT2D eigenvalue weighted by atomic mass is 32.2. The molecule has 1 fully saturated rings. The number of alkyl halides is 2. The van der Waals surface area contributed by atoms with Crippen molar-refractivity contribution in [1.82, 2.24) is 4.98 Å². The number of pyridine rings is 1. The molecule has 1 aromatic heterocycles. The molecule has 3 atom stereocenters. The summed E-state index contributed by atoms with van der Waals surface area (Å²) in [5.41, 5.74) is 5.63. The van der Waals surface area contributed by atoms with Crippen LogP contribution in [0.4, 0.5) is 18.9 Å². The van der Waals surface area contributed by atoms with Gasteiger partial charge in [0, 0.05) is 22.9 Å². The fraction of sp³-hybridized carbons (Fsp3) is 0.381. The van der Waals surface area contributed by atoms with Crippen molar-refractivity contribution in [3.8, 4) is 5.75 Å². The number of thioether (sulfide) groups is 1. The summed E-state index contributed by atoms with van der Waals surface area (Å²) in [4.78, 5) is 21.0. The molecule has 0 spiro atoms. The molecule has 0 radical (unpaired) electrons. The summed E-state index contributed by atoms with van der Waals surface area (Å²) in [6.45, 7) is -0.839. The van der Waals surface area contributed by atoms with E-state index in [9.17, 15) is 18.0 Å². The lowest BCUT2D eigenvalue weighted by Crippen LogP contribution is -2.50. The molecule has 0 bridgehead atoms. The minimum absolute atomic E-state index is 0.0142. The van der Waals surface area contributed by atoms with E-state index in [-0.39, 0.29) is 30.1 Å². The molecule has 1 amide bonds. The first-order valence-electron chi connectivity index (χ1n) is 9.89. The van der Waals surface area contributed by atoms with Crippen LogP contribution in [0.3, 0.4) is 0 Å². The van der Waals surface area contributed by atoms with E-state index in [2.05, 4.69) is 20.0 Å². The van der Waals surface area contributed by atoms with Crippen LogP contribution in [0, 0.1) is 11.7 Å². The van der Waals surface area contributed by atoms with Crippen molar-refractivity contribution in [2.75, 3.05) is 17.7 Å². The molecule has 2 aromatic rings. The quantitative estimate of drug-likeness (QED) is 0.696. The first kappa shape index (κ1) is 22.4. The fourth-order valence-corrected chi connectivity index (χ4v) is 4.98. The summed E-state index contributed by atoms with van der Waals surface area (Å²) < 4.78 is 49.6. The Labute approximate surface area is 186 Å². The second kappa shape index (κ2) is 8.99. The number of fused-ring (bicyclic) bond motifs is 1. The monoisotopic (exact) mass is 466 g/mol. The third-order valence-electron chi connectivity index (χ3n) is 5.51. The SMILES string of the molecule is CC1CC2CSC(N)=NC2(c2cc(NC(=O)c3ccc(OC(F)F)cn3)ccc2F)CO1. The van der Waals surface area contributed by atoms with Gasteiger partial charge in [-0.2, -0.15) is 8.78 Å². The van der Waals surface area contributed by atoms with Crippen LogP contribution < -0.4 is 15.8 Å². The molecule has 1 saturated heterocycles. The number of nitrogens with two attached hydrogens (primary N) is 1. The molecular weight excluding hydrogens is 445 g/mol. The lowest BCUT2D eigenvalue weighted by molar-refractivity contribution is -0.0500. The molecular formula is C21H21F3N4O3S. The largest absolute Gasteiger partial charge is 0.433 e. The number of nitrogens with zero attached hydrogens (tertiary/aromatic N) is 2. The van der Waals surface area contributed by atoms with Crippen molar-refractivity contribution >= 4 is 28.5 Å². The Morgan fingerprint density at radius 3 is 2.91 bits per heavy atom. The van der Waals surface area contributed by atoms with Crippen LogP contribution in [0.2, 0.25) is 0 Å². The van der Waals surface area contributed by atoms with Gasteiger partial charge in [-0.15, -0.1) is 0 Å². The smallest absolute Gasteiger partial charge is 0.387 e. The minimum Gasteiger partial charge on any atom is -0.433 e. The lowest BCUT2D eigenvalue weighted by Gasteiger charge is -2.45.